The van der Waals surface area contributed by atoms with E-state index in [9.17, 15) is 4.79 Å². The summed E-state index contributed by atoms with van der Waals surface area (Å²) >= 11 is 0. The van der Waals surface area contributed by atoms with Crippen LogP contribution >= 0.6 is 0 Å². The average Bonchev–Trinajstić information content (AvgIpc) is 2.19. The van der Waals surface area contributed by atoms with Crippen molar-refractivity contribution >= 4 is 6.41 Å². The molecule has 1 amide bonds. The minimum absolute atomic E-state index is 0.653. The number of hydrogen-bond donors (Lipinski definition) is 3. The minimum atomic E-state index is 0.653. The summed E-state index contributed by atoms with van der Waals surface area (Å²) in [6, 6.07) is 0. The Morgan fingerprint density at radius 2 is 2.75 bits per heavy atom. The third-order valence-electron chi connectivity index (χ3n) is 0.872. The zero-order valence-corrected chi connectivity index (χ0v) is 4.27. The van der Waals surface area contributed by atoms with Gasteiger partial charge in [0.2, 0.25) is 6.41 Å². The monoisotopic (exact) mass is 113 g/mol. The maximum absolute atomic E-state index is 9.75. The summed E-state index contributed by atoms with van der Waals surface area (Å²) in [6.45, 7) is 0.679. The molecule has 0 aromatic heterocycles. The van der Waals surface area contributed by atoms with Crippen molar-refractivity contribution < 1.29 is 4.79 Å². The molecule has 0 saturated heterocycles. The van der Waals surface area contributed by atoms with Gasteiger partial charge in [0.15, 0.2) is 0 Å². The van der Waals surface area contributed by atoms with E-state index in [1.807, 2.05) is 0 Å². The summed E-state index contributed by atoms with van der Waals surface area (Å²) in [5, 5.41) is 2.50. The van der Waals surface area contributed by atoms with Crippen molar-refractivity contribution in [2.24, 2.45) is 0 Å². The van der Waals surface area contributed by atoms with E-state index in [1.54, 1.807) is 6.20 Å². The van der Waals surface area contributed by atoms with Crippen LogP contribution in [-0.4, -0.2) is 13.0 Å². The van der Waals surface area contributed by atoms with Gasteiger partial charge in [0.25, 0.3) is 0 Å². The summed E-state index contributed by atoms with van der Waals surface area (Å²) in [6.07, 6.45) is 2.36. The average molecular weight is 113 g/mol. The molecule has 8 heavy (non-hydrogen) atoms. The van der Waals surface area contributed by atoms with Gasteiger partial charge in [-0.2, -0.15) is 0 Å². The van der Waals surface area contributed by atoms with Crippen molar-refractivity contribution in [1.82, 2.24) is 16.2 Å². The fraction of sp³-hybridized carbons (Fsp3) is 0.250. The first-order valence-electron chi connectivity index (χ1n) is 2.31. The van der Waals surface area contributed by atoms with Crippen LogP contribution in [0.3, 0.4) is 0 Å². The molecule has 0 bridgehead atoms. The van der Waals surface area contributed by atoms with E-state index in [-0.39, 0.29) is 0 Å². The maximum atomic E-state index is 9.75. The molecule has 1 aliphatic rings. The van der Waals surface area contributed by atoms with Gasteiger partial charge in [-0.1, -0.05) is 0 Å². The predicted octanol–water partition coefficient (Wildman–Crippen LogP) is -1.32. The number of amides is 1. The molecular formula is C4H7N3O. The predicted molar refractivity (Wildman–Crippen MR) is 28.4 cm³/mol. The third-order valence-corrected chi connectivity index (χ3v) is 0.872. The van der Waals surface area contributed by atoms with Crippen LogP contribution in [0.1, 0.15) is 0 Å². The fourth-order valence-corrected chi connectivity index (χ4v) is 0.504. The molecular weight excluding hydrogens is 106 g/mol. The van der Waals surface area contributed by atoms with Gasteiger partial charge in [-0.15, -0.1) is 0 Å². The van der Waals surface area contributed by atoms with Gasteiger partial charge in [-0.25, -0.2) is 5.43 Å². The Kier molecular flexibility index (Phi) is 1.48. The Morgan fingerprint density at radius 1 is 1.88 bits per heavy atom. The molecule has 0 aliphatic carbocycles. The molecule has 3 N–H and O–H groups in total. The second-order valence-electron chi connectivity index (χ2n) is 1.43. The van der Waals surface area contributed by atoms with E-state index in [4.69, 9.17) is 0 Å². The van der Waals surface area contributed by atoms with Crippen LogP contribution in [0.2, 0.25) is 0 Å². The largest absolute Gasteiger partial charge is 0.330 e. The van der Waals surface area contributed by atoms with Crippen molar-refractivity contribution in [3.8, 4) is 0 Å². The number of carbonyl (C=O) groups excluding carboxylic acids is 1. The molecule has 0 aromatic rings. The van der Waals surface area contributed by atoms with Gasteiger partial charge < -0.3 is 10.7 Å². The summed E-state index contributed by atoms with van der Waals surface area (Å²) in [7, 11) is 0. The van der Waals surface area contributed by atoms with E-state index in [2.05, 4.69) is 16.2 Å². The first-order valence-corrected chi connectivity index (χ1v) is 2.31. The lowest BCUT2D eigenvalue weighted by atomic mass is 10.5. The van der Waals surface area contributed by atoms with E-state index >= 15 is 0 Å². The fourth-order valence-electron chi connectivity index (χ4n) is 0.504. The molecule has 1 rings (SSSR count). The number of hydrazine groups is 1. The Hall–Kier alpha value is -1.03. The van der Waals surface area contributed by atoms with Crippen LogP contribution in [-0.2, 0) is 4.79 Å². The molecule has 44 valence electrons. The van der Waals surface area contributed by atoms with E-state index in [0.717, 1.165) is 5.70 Å². The molecule has 0 aromatic carbocycles. The van der Waals surface area contributed by atoms with Crippen LogP contribution in [0.25, 0.3) is 0 Å². The van der Waals surface area contributed by atoms with Gasteiger partial charge in [0.05, 0.1) is 12.2 Å². The zero-order chi connectivity index (χ0) is 5.82. The smallest absolute Gasteiger partial charge is 0.211 e. The van der Waals surface area contributed by atoms with Crippen molar-refractivity contribution in [2.45, 2.75) is 0 Å². The summed E-state index contributed by atoms with van der Waals surface area (Å²) in [5.41, 5.74) is 6.38. The topological polar surface area (TPSA) is 53.2 Å². The maximum Gasteiger partial charge on any atom is 0.211 e. The van der Waals surface area contributed by atoms with Crippen LogP contribution in [0.4, 0.5) is 0 Å². The highest BCUT2D eigenvalue weighted by molar-refractivity contribution is 5.50. The van der Waals surface area contributed by atoms with Gasteiger partial charge >= 0.3 is 0 Å². The highest BCUT2D eigenvalue weighted by atomic mass is 16.1. The lowest BCUT2D eigenvalue weighted by Crippen LogP contribution is -2.22. The SMILES string of the molecule is O=CNC1=CNNC1. The van der Waals surface area contributed by atoms with Crippen molar-refractivity contribution in [1.29, 1.82) is 0 Å². The molecule has 4 heteroatoms. The van der Waals surface area contributed by atoms with Crippen LogP contribution in [0.15, 0.2) is 11.9 Å². The zero-order valence-electron chi connectivity index (χ0n) is 4.27. The standard InChI is InChI=1S/C4H7N3O/c8-3-5-4-1-6-7-2-4/h1,3,6-7H,2H2,(H,5,8). The van der Waals surface area contributed by atoms with Gasteiger partial charge in [-0.3, -0.25) is 4.79 Å². The highest BCUT2D eigenvalue weighted by Crippen LogP contribution is 1.85. The Bertz CT molecular complexity index is 120. The second-order valence-corrected chi connectivity index (χ2v) is 1.43. The minimum Gasteiger partial charge on any atom is -0.330 e. The molecule has 1 heterocycles. The number of hydrogen-bond acceptors (Lipinski definition) is 3. The summed E-state index contributed by atoms with van der Waals surface area (Å²) in [5.74, 6) is 0. The highest BCUT2D eigenvalue weighted by Gasteiger charge is 1.98. The van der Waals surface area contributed by atoms with Crippen LogP contribution in [0, 0.1) is 0 Å². The third kappa shape index (κ3) is 0.974. The van der Waals surface area contributed by atoms with Crippen molar-refractivity contribution in [3.63, 3.8) is 0 Å². The van der Waals surface area contributed by atoms with Gasteiger partial charge in [0.1, 0.15) is 0 Å². The molecule has 0 fully saturated rings. The molecule has 4 nitrogen and oxygen atoms in total. The van der Waals surface area contributed by atoms with Crippen LogP contribution in [0.5, 0.6) is 0 Å². The van der Waals surface area contributed by atoms with Gasteiger partial charge in [-0.05, 0) is 0 Å². The lowest BCUT2D eigenvalue weighted by Gasteiger charge is -1.91. The quantitative estimate of drug-likeness (QED) is 0.389. The Morgan fingerprint density at radius 3 is 3.25 bits per heavy atom. The molecule has 1 aliphatic heterocycles. The Balaban J connectivity index is 2.33. The normalized spacial score (nSPS) is 16.8. The summed E-state index contributed by atoms with van der Waals surface area (Å²) in [4.78, 5) is 9.75. The van der Waals surface area contributed by atoms with Gasteiger partial charge in [0, 0.05) is 6.20 Å². The molecule has 0 saturated carbocycles. The first-order chi connectivity index (χ1) is 3.93. The molecule has 0 atom stereocenters. The number of rotatable bonds is 2. The first kappa shape index (κ1) is 5.11. The van der Waals surface area contributed by atoms with E-state index in [1.165, 1.54) is 0 Å². The number of carbonyl (C=O) groups is 1. The van der Waals surface area contributed by atoms with Crippen molar-refractivity contribution in [3.05, 3.63) is 11.9 Å². The van der Waals surface area contributed by atoms with E-state index < -0.39 is 0 Å². The second kappa shape index (κ2) is 2.32. The number of nitrogens with one attached hydrogen (secondary N) is 3. The summed E-state index contributed by atoms with van der Waals surface area (Å²) < 4.78 is 0. The van der Waals surface area contributed by atoms with E-state index in [0.29, 0.717) is 13.0 Å². The van der Waals surface area contributed by atoms with Crippen LogP contribution < -0.4 is 16.2 Å². The molecule has 0 radical (unpaired) electrons. The lowest BCUT2D eigenvalue weighted by molar-refractivity contribution is -0.108. The molecule has 0 spiro atoms. The molecule has 0 unspecified atom stereocenters. The Labute approximate surface area is 46.9 Å². The van der Waals surface area contributed by atoms with Crippen molar-refractivity contribution in [2.75, 3.05) is 6.54 Å².